The third-order valence-corrected chi connectivity index (χ3v) is 1.99. The molecule has 0 bridgehead atoms. The zero-order valence-corrected chi connectivity index (χ0v) is 8.26. The van der Waals surface area contributed by atoms with Crippen LogP contribution in [0.5, 0.6) is 0 Å². The van der Waals surface area contributed by atoms with E-state index in [1.807, 2.05) is 0 Å². The van der Waals surface area contributed by atoms with Crippen molar-refractivity contribution in [1.29, 1.82) is 0 Å². The average Bonchev–Trinajstić information content (AvgIpc) is 2.14. The van der Waals surface area contributed by atoms with Crippen molar-refractivity contribution in [3.05, 3.63) is 34.4 Å². The van der Waals surface area contributed by atoms with E-state index >= 15 is 0 Å². The second-order valence-electron chi connectivity index (χ2n) is 3.26. The summed E-state index contributed by atoms with van der Waals surface area (Å²) < 4.78 is 37.7. The molecule has 1 aromatic rings. The fourth-order valence-electron chi connectivity index (χ4n) is 1.41. The van der Waals surface area contributed by atoms with Crippen LogP contribution in [0.3, 0.4) is 0 Å². The molecule has 0 saturated carbocycles. The number of alkyl halides is 3. The number of halogens is 3. The van der Waals surface area contributed by atoms with Crippen molar-refractivity contribution < 1.29 is 22.8 Å². The van der Waals surface area contributed by atoms with Crippen molar-refractivity contribution in [1.82, 2.24) is 0 Å². The fraction of sp³-hybridized carbons (Fsp3) is 0.200. The maximum absolute atomic E-state index is 12.6. The van der Waals surface area contributed by atoms with Crippen molar-refractivity contribution in [2.24, 2.45) is 5.73 Å². The molecular weight excluding hydrogens is 223 g/mol. The molecular formula is C10H8F3NO2. The van der Waals surface area contributed by atoms with Gasteiger partial charge in [0.1, 0.15) is 0 Å². The Bertz CT molecular complexity index is 452. The topological polar surface area (TPSA) is 60.2 Å². The van der Waals surface area contributed by atoms with Crippen LogP contribution in [0.4, 0.5) is 13.2 Å². The highest BCUT2D eigenvalue weighted by Gasteiger charge is 2.36. The summed E-state index contributed by atoms with van der Waals surface area (Å²) in [6.45, 7) is 1.40. The van der Waals surface area contributed by atoms with Crippen molar-refractivity contribution >= 4 is 12.2 Å². The molecule has 0 spiro atoms. The Hall–Kier alpha value is -1.85. The van der Waals surface area contributed by atoms with Gasteiger partial charge in [0.05, 0.1) is 11.1 Å². The number of carbonyl (C=O) groups excluding carboxylic acids is 2. The summed E-state index contributed by atoms with van der Waals surface area (Å²) in [7, 11) is 0. The Balaban J connectivity index is 3.64. The minimum Gasteiger partial charge on any atom is -0.366 e. The summed E-state index contributed by atoms with van der Waals surface area (Å²) in [6, 6.07) is 1.97. The molecule has 2 N–H and O–H groups in total. The number of hydrogen-bond acceptors (Lipinski definition) is 2. The van der Waals surface area contributed by atoms with Gasteiger partial charge in [-0.15, -0.1) is 0 Å². The summed E-state index contributed by atoms with van der Waals surface area (Å²) in [5.74, 6) is -1.27. The number of amides is 1. The molecule has 0 unspecified atom stereocenters. The quantitative estimate of drug-likeness (QED) is 0.790. The van der Waals surface area contributed by atoms with Crippen LogP contribution in [-0.4, -0.2) is 12.2 Å². The van der Waals surface area contributed by atoms with Crippen molar-refractivity contribution in [3.8, 4) is 0 Å². The zero-order chi connectivity index (χ0) is 12.5. The molecule has 0 fully saturated rings. The Morgan fingerprint density at radius 2 is 1.94 bits per heavy atom. The van der Waals surface area contributed by atoms with E-state index in [4.69, 9.17) is 5.73 Å². The minimum absolute atomic E-state index is 0.183. The first-order valence-electron chi connectivity index (χ1n) is 4.24. The molecule has 0 saturated heterocycles. The lowest BCUT2D eigenvalue weighted by atomic mass is 9.98. The normalized spacial score (nSPS) is 11.2. The number of aldehydes is 1. The highest BCUT2D eigenvalue weighted by molar-refractivity contribution is 6.02. The highest BCUT2D eigenvalue weighted by atomic mass is 19.4. The molecule has 6 heteroatoms. The molecule has 0 radical (unpaired) electrons. The summed E-state index contributed by atoms with van der Waals surface area (Å²) in [5, 5.41) is 0. The molecule has 16 heavy (non-hydrogen) atoms. The van der Waals surface area contributed by atoms with Gasteiger partial charge in [0.25, 0.3) is 0 Å². The molecule has 0 aliphatic rings. The van der Waals surface area contributed by atoms with Crippen LogP contribution in [-0.2, 0) is 6.18 Å². The first-order chi connectivity index (χ1) is 7.27. The summed E-state index contributed by atoms with van der Waals surface area (Å²) in [4.78, 5) is 21.5. The fourth-order valence-corrected chi connectivity index (χ4v) is 1.41. The first-order valence-corrected chi connectivity index (χ1v) is 4.24. The van der Waals surface area contributed by atoms with Crippen molar-refractivity contribution in [3.63, 3.8) is 0 Å². The largest absolute Gasteiger partial charge is 0.417 e. The summed E-state index contributed by atoms with van der Waals surface area (Å²) in [5.41, 5.74) is 2.77. The van der Waals surface area contributed by atoms with E-state index in [2.05, 4.69) is 0 Å². The monoisotopic (exact) mass is 231 g/mol. The molecule has 0 aliphatic heterocycles. The number of carbonyl (C=O) groups is 2. The van der Waals surface area contributed by atoms with Gasteiger partial charge in [-0.1, -0.05) is 0 Å². The number of primary amides is 1. The molecule has 3 nitrogen and oxygen atoms in total. The third-order valence-electron chi connectivity index (χ3n) is 1.99. The van der Waals surface area contributed by atoms with Crippen molar-refractivity contribution in [2.75, 3.05) is 0 Å². The molecule has 86 valence electrons. The average molecular weight is 231 g/mol. The van der Waals surface area contributed by atoms with Gasteiger partial charge in [-0.05, 0) is 24.6 Å². The van der Waals surface area contributed by atoms with Crippen LogP contribution in [0.15, 0.2) is 12.1 Å². The van der Waals surface area contributed by atoms with E-state index in [0.717, 1.165) is 6.07 Å². The first kappa shape index (κ1) is 12.2. The van der Waals surface area contributed by atoms with Crippen LogP contribution >= 0.6 is 0 Å². The Morgan fingerprint density at radius 3 is 2.31 bits per heavy atom. The SMILES string of the molecule is Cc1cc(C=O)c(C(N)=O)c(C(F)(F)F)c1. The smallest absolute Gasteiger partial charge is 0.366 e. The maximum Gasteiger partial charge on any atom is 0.417 e. The minimum atomic E-state index is -4.71. The highest BCUT2D eigenvalue weighted by Crippen LogP contribution is 2.33. The van der Waals surface area contributed by atoms with Gasteiger partial charge in [0.15, 0.2) is 6.29 Å². The Kier molecular flexibility index (Phi) is 3.02. The molecule has 1 aromatic carbocycles. The number of hydrogen-bond donors (Lipinski definition) is 1. The van der Waals surface area contributed by atoms with Gasteiger partial charge in [-0.3, -0.25) is 9.59 Å². The van der Waals surface area contributed by atoms with Gasteiger partial charge in [0, 0.05) is 5.56 Å². The van der Waals surface area contributed by atoms with E-state index < -0.39 is 23.2 Å². The van der Waals surface area contributed by atoms with E-state index in [1.165, 1.54) is 13.0 Å². The molecule has 1 amide bonds. The molecule has 1 rings (SSSR count). The predicted octanol–water partition coefficient (Wildman–Crippen LogP) is 1.93. The Labute approximate surface area is 89.1 Å². The van der Waals surface area contributed by atoms with E-state index in [9.17, 15) is 22.8 Å². The Morgan fingerprint density at radius 1 is 1.38 bits per heavy atom. The van der Waals surface area contributed by atoms with Crippen LogP contribution < -0.4 is 5.73 Å². The van der Waals surface area contributed by atoms with Gasteiger partial charge in [0.2, 0.25) is 5.91 Å². The zero-order valence-electron chi connectivity index (χ0n) is 8.26. The van der Waals surface area contributed by atoms with Crippen molar-refractivity contribution in [2.45, 2.75) is 13.1 Å². The molecule has 0 heterocycles. The third kappa shape index (κ3) is 2.21. The number of nitrogens with two attached hydrogens (primary N) is 1. The summed E-state index contributed by atoms with van der Waals surface area (Å²) in [6.07, 6.45) is -4.53. The van der Waals surface area contributed by atoms with E-state index in [1.54, 1.807) is 0 Å². The second-order valence-corrected chi connectivity index (χ2v) is 3.26. The van der Waals surface area contributed by atoms with Crippen LogP contribution in [0.1, 0.15) is 31.8 Å². The predicted molar refractivity (Wildman–Crippen MR) is 50.1 cm³/mol. The lowest BCUT2D eigenvalue weighted by molar-refractivity contribution is -0.138. The van der Waals surface area contributed by atoms with Gasteiger partial charge in [-0.25, -0.2) is 0 Å². The van der Waals surface area contributed by atoms with Gasteiger partial charge < -0.3 is 5.73 Å². The standard InChI is InChI=1S/C10H8F3NO2/c1-5-2-6(4-15)8(9(14)16)7(3-5)10(11,12)13/h2-4H,1H3,(H2,14,16). The second kappa shape index (κ2) is 3.96. The number of benzene rings is 1. The maximum atomic E-state index is 12.6. The number of aryl methyl sites for hydroxylation is 1. The van der Waals surface area contributed by atoms with E-state index in [-0.39, 0.29) is 17.4 Å². The van der Waals surface area contributed by atoms with Crippen LogP contribution in [0, 0.1) is 6.92 Å². The van der Waals surface area contributed by atoms with E-state index in [0.29, 0.717) is 0 Å². The van der Waals surface area contributed by atoms with Crippen LogP contribution in [0.25, 0.3) is 0 Å². The lowest BCUT2D eigenvalue weighted by Crippen LogP contribution is -2.21. The molecule has 0 aromatic heterocycles. The molecule has 0 atom stereocenters. The number of rotatable bonds is 2. The molecule has 0 aliphatic carbocycles. The van der Waals surface area contributed by atoms with Gasteiger partial charge in [-0.2, -0.15) is 13.2 Å². The summed E-state index contributed by atoms with van der Waals surface area (Å²) >= 11 is 0. The van der Waals surface area contributed by atoms with Crippen LogP contribution in [0.2, 0.25) is 0 Å². The van der Waals surface area contributed by atoms with Gasteiger partial charge >= 0.3 is 6.18 Å². The lowest BCUT2D eigenvalue weighted by Gasteiger charge is -2.13.